The topological polar surface area (TPSA) is 93.5 Å². The molecule has 4 rings (SSSR count). The number of hydrogen-bond donors (Lipinski definition) is 1. The number of carbonyl (C=O) groups excluding carboxylic acids is 1. The van der Waals surface area contributed by atoms with Crippen molar-refractivity contribution in [2.75, 3.05) is 37.4 Å². The number of amides is 1. The molecular formula is C18H22N4O4S2. The highest BCUT2D eigenvalue weighted by Crippen LogP contribution is 2.37. The van der Waals surface area contributed by atoms with Crippen LogP contribution in [0.3, 0.4) is 0 Å². The molecule has 0 unspecified atom stereocenters. The third kappa shape index (κ3) is 4.40. The summed E-state index contributed by atoms with van der Waals surface area (Å²) in [6.07, 6.45) is 6.00. The van der Waals surface area contributed by atoms with Crippen molar-refractivity contribution < 1.29 is 17.9 Å². The van der Waals surface area contributed by atoms with Crippen LogP contribution < -0.4 is 5.32 Å². The molecule has 2 heterocycles. The number of nitrogens with zero attached hydrogens (tertiary/aromatic N) is 3. The molecule has 2 aromatic rings. The second-order valence-corrected chi connectivity index (χ2v) is 9.61. The van der Waals surface area contributed by atoms with Crippen LogP contribution in [0, 0.1) is 0 Å². The minimum absolute atomic E-state index is 0.170. The lowest BCUT2D eigenvalue weighted by Gasteiger charge is -2.26. The van der Waals surface area contributed by atoms with Gasteiger partial charge in [-0.05, 0) is 31.0 Å². The largest absolute Gasteiger partial charge is 0.379 e. The average molecular weight is 423 g/mol. The van der Waals surface area contributed by atoms with Gasteiger partial charge in [-0.1, -0.05) is 17.8 Å². The molecule has 0 radical (unpaired) electrons. The average Bonchev–Trinajstić information content (AvgIpc) is 3.45. The lowest BCUT2D eigenvalue weighted by molar-refractivity contribution is -0.113. The fourth-order valence-electron chi connectivity index (χ4n) is 3.04. The number of morpholine rings is 1. The van der Waals surface area contributed by atoms with Crippen molar-refractivity contribution in [1.82, 2.24) is 13.9 Å². The first kappa shape index (κ1) is 19.4. The first-order valence-corrected chi connectivity index (χ1v) is 11.6. The van der Waals surface area contributed by atoms with Crippen LogP contribution in [-0.2, 0) is 19.6 Å². The van der Waals surface area contributed by atoms with Crippen molar-refractivity contribution in [3.8, 4) is 0 Å². The number of benzene rings is 1. The second-order valence-electron chi connectivity index (χ2n) is 6.73. The highest BCUT2D eigenvalue weighted by atomic mass is 32.2. The smallest absolute Gasteiger partial charge is 0.243 e. The number of rotatable bonds is 7. The molecule has 2 fully saturated rings. The molecule has 1 aromatic heterocycles. The molecule has 1 aliphatic carbocycles. The summed E-state index contributed by atoms with van der Waals surface area (Å²) in [5.41, 5.74) is 0.463. The molecule has 8 nitrogen and oxygen atoms in total. The van der Waals surface area contributed by atoms with Gasteiger partial charge in [0.05, 0.1) is 23.9 Å². The van der Waals surface area contributed by atoms with E-state index in [2.05, 4.69) is 14.9 Å². The van der Waals surface area contributed by atoms with Crippen LogP contribution >= 0.6 is 11.8 Å². The number of anilines is 1. The summed E-state index contributed by atoms with van der Waals surface area (Å²) in [6, 6.07) is 6.87. The summed E-state index contributed by atoms with van der Waals surface area (Å²) in [5.74, 6) is 0.0146. The summed E-state index contributed by atoms with van der Waals surface area (Å²) in [6.45, 7) is 1.46. The molecule has 10 heteroatoms. The van der Waals surface area contributed by atoms with Crippen molar-refractivity contribution in [3.63, 3.8) is 0 Å². The van der Waals surface area contributed by atoms with Crippen LogP contribution in [0.5, 0.6) is 0 Å². The highest BCUT2D eigenvalue weighted by molar-refractivity contribution is 7.99. The lowest BCUT2D eigenvalue weighted by Crippen LogP contribution is -2.40. The van der Waals surface area contributed by atoms with Crippen LogP contribution in [0.1, 0.15) is 18.9 Å². The number of ether oxygens (including phenoxy) is 1. The number of carbonyl (C=O) groups is 1. The Bertz CT molecular complexity index is 950. The zero-order chi connectivity index (χ0) is 19.6. The van der Waals surface area contributed by atoms with E-state index in [-0.39, 0.29) is 16.6 Å². The van der Waals surface area contributed by atoms with E-state index in [1.165, 1.54) is 22.1 Å². The Labute approximate surface area is 168 Å². The van der Waals surface area contributed by atoms with Crippen molar-refractivity contribution >= 4 is 33.4 Å². The third-order valence-electron chi connectivity index (χ3n) is 4.63. The molecule has 1 aromatic carbocycles. The van der Waals surface area contributed by atoms with Gasteiger partial charge in [0, 0.05) is 37.2 Å². The Balaban J connectivity index is 1.38. The van der Waals surface area contributed by atoms with Crippen molar-refractivity contribution in [2.24, 2.45) is 0 Å². The predicted octanol–water partition coefficient (Wildman–Crippen LogP) is 1.97. The molecule has 1 saturated heterocycles. The first-order chi connectivity index (χ1) is 13.5. The van der Waals surface area contributed by atoms with Gasteiger partial charge in [0.2, 0.25) is 15.9 Å². The third-order valence-corrected chi connectivity index (χ3v) is 7.51. The fourth-order valence-corrected chi connectivity index (χ4v) is 5.32. The molecule has 2 aliphatic rings. The van der Waals surface area contributed by atoms with Gasteiger partial charge in [-0.25, -0.2) is 13.4 Å². The Morgan fingerprint density at radius 1 is 1.29 bits per heavy atom. The Morgan fingerprint density at radius 2 is 2.07 bits per heavy atom. The van der Waals surface area contributed by atoms with Gasteiger partial charge >= 0.3 is 0 Å². The van der Waals surface area contributed by atoms with Crippen LogP contribution in [0.25, 0.3) is 0 Å². The maximum Gasteiger partial charge on any atom is 0.243 e. The van der Waals surface area contributed by atoms with Gasteiger partial charge in [-0.3, -0.25) is 4.79 Å². The maximum atomic E-state index is 12.8. The lowest BCUT2D eigenvalue weighted by atomic mass is 10.3. The Morgan fingerprint density at radius 3 is 2.82 bits per heavy atom. The molecular weight excluding hydrogens is 400 g/mol. The summed E-state index contributed by atoms with van der Waals surface area (Å²) in [7, 11) is -3.59. The molecule has 1 amide bonds. The number of nitrogens with one attached hydrogen (secondary N) is 1. The fraction of sp³-hybridized carbons (Fsp3) is 0.444. The minimum atomic E-state index is -3.59. The number of sulfonamides is 1. The van der Waals surface area contributed by atoms with Gasteiger partial charge in [-0.15, -0.1) is 0 Å². The summed E-state index contributed by atoms with van der Waals surface area (Å²) in [5, 5.41) is 3.61. The molecule has 0 bridgehead atoms. The SMILES string of the molecule is O=C(CSc1nccn1C1CC1)Nc1cccc(S(=O)(=O)N2CCOCC2)c1. The Kier molecular flexibility index (Phi) is 5.72. The molecule has 1 N–H and O–H groups in total. The van der Waals surface area contributed by atoms with E-state index >= 15 is 0 Å². The number of hydrogen-bond acceptors (Lipinski definition) is 6. The normalized spacial score (nSPS) is 18.1. The number of aromatic nitrogens is 2. The molecule has 0 atom stereocenters. The van der Waals surface area contributed by atoms with E-state index < -0.39 is 10.0 Å². The van der Waals surface area contributed by atoms with Gasteiger partial charge in [0.15, 0.2) is 5.16 Å². The monoisotopic (exact) mass is 422 g/mol. The highest BCUT2D eigenvalue weighted by Gasteiger charge is 2.27. The van der Waals surface area contributed by atoms with Crippen molar-refractivity contribution in [3.05, 3.63) is 36.7 Å². The van der Waals surface area contributed by atoms with Crippen LogP contribution in [0.2, 0.25) is 0 Å². The number of thioether (sulfide) groups is 1. The van der Waals surface area contributed by atoms with Crippen LogP contribution in [0.4, 0.5) is 5.69 Å². The predicted molar refractivity (Wildman–Crippen MR) is 106 cm³/mol. The zero-order valence-electron chi connectivity index (χ0n) is 15.3. The first-order valence-electron chi connectivity index (χ1n) is 9.17. The summed E-state index contributed by atoms with van der Waals surface area (Å²) in [4.78, 5) is 16.8. The van der Waals surface area contributed by atoms with E-state index in [0.29, 0.717) is 38.0 Å². The van der Waals surface area contributed by atoms with Gasteiger partial charge < -0.3 is 14.6 Å². The zero-order valence-corrected chi connectivity index (χ0v) is 16.9. The van der Waals surface area contributed by atoms with E-state index in [0.717, 1.165) is 18.0 Å². The second kappa shape index (κ2) is 8.24. The van der Waals surface area contributed by atoms with Gasteiger partial charge in [0.1, 0.15) is 0 Å². The van der Waals surface area contributed by atoms with E-state index in [1.807, 2.05) is 6.20 Å². The summed E-state index contributed by atoms with van der Waals surface area (Å²) >= 11 is 1.38. The van der Waals surface area contributed by atoms with E-state index in [9.17, 15) is 13.2 Å². The minimum Gasteiger partial charge on any atom is -0.379 e. The molecule has 1 saturated carbocycles. The number of imidazole rings is 1. The van der Waals surface area contributed by atoms with Crippen LogP contribution in [0.15, 0.2) is 46.7 Å². The quantitative estimate of drug-likeness (QED) is 0.686. The van der Waals surface area contributed by atoms with Gasteiger partial charge in [0.25, 0.3) is 0 Å². The summed E-state index contributed by atoms with van der Waals surface area (Å²) < 4.78 is 34.2. The van der Waals surface area contributed by atoms with Crippen LogP contribution in [-0.4, -0.2) is 60.2 Å². The standard InChI is InChI=1S/C18H22N4O4S2/c23-17(13-27-18-19-6-7-22(18)15-4-5-15)20-14-2-1-3-16(12-14)28(24,25)21-8-10-26-11-9-21/h1-3,6-7,12,15H,4-5,8-11,13H2,(H,20,23). The van der Waals surface area contributed by atoms with Crippen molar-refractivity contribution in [2.45, 2.75) is 28.9 Å². The molecule has 150 valence electrons. The Hall–Kier alpha value is -1.88. The molecule has 0 spiro atoms. The molecule has 28 heavy (non-hydrogen) atoms. The van der Waals surface area contributed by atoms with Gasteiger partial charge in [-0.2, -0.15) is 4.31 Å². The molecule has 1 aliphatic heterocycles. The maximum absolute atomic E-state index is 12.8. The van der Waals surface area contributed by atoms with Crippen molar-refractivity contribution in [1.29, 1.82) is 0 Å². The van der Waals surface area contributed by atoms with E-state index in [1.54, 1.807) is 24.4 Å². The van der Waals surface area contributed by atoms with E-state index in [4.69, 9.17) is 4.74 Å².